The summed E-state index contributed by atoms with van der Waals surface area (Å²) < 4.78 is 26.2. The van der Waals surface area contributed by atoms with E-state index < -0.39 is 10.0 Å². The summed E-state index contributed by atoms with van der Waals surface area (Å²) in [5, 5.41) is 0.258. The van der Waals surface area contributed by atoms with Gasteiger partial charge >= 0.3 is 0 Å². The average Bonchev–Trinajstić information content (AvgIpc) is 2.33. The van der Waals surface area contributed by atoms with E-state index in [1.807, 2.05) is 13.8 Å². The molecule has 0 aliphatic heterocycles. The summed E-state index contributed by atoms with van der Waals surface area (Å²) >= 11 is 5.86. The minimum Gasteiger partial charge on any atom is -0.398 e. The molecule has 1 aromatic carbocycles. The van der Waals surface area contributed by atoms with Gasteiger partial charge in [-0.1, -0.05) is 25.4 Å². The second kappa shape index (κ2) is 5.91. The molecule has 18 heavy (non-hydrogen) atoms. The molecule has 4 nitrogen and oxygen atoms in total. The fraction of sp³-hybridized carbons (Fsp3) is 0.500. The van der Waals surface area contributed by atoms with Crippen LogP contribution in [0.1, 0.15) is 26.7 Å². The molecule has 0 fully saturated rings. The molecule has 0 aliphatic rings. The van der Waals surface area contributed by atoms with Gasteiger partial charge in [0.15, 0.2) is 0 Å². The number of nitrogen functional groups attached to an aromatic ring is 1. The lowest BCUT2D eigenvalue weighted by Gasteiger charge is -2.25. The van der Waals surface area contributed by atoms with Gasteiger partial charge in [0, 0.05) is 13.1 Å². The third-order valence-corrected chi connectivity index (χ3v) is 5.34. The molecule has 2 N–H and O–H groups in total. The number of rotatable bonds is 5. The molecule has 0 unspecified atom stereocenters. The maximum absolute atomic E-state index is 12.4. The molecule has 0 aliphatic carbocycles. The van der Waals surface area contributed by atoms with Gasteiger partial charge in [0.2, 0.25) is 10.0 Å². The molecule has 0 spiro atoms. The zero-order valence-corrected chi connectivity index (χ0v) is 12.4. The lowest BCUT2D eigenvalue weighted by atomic mass is 10.2. The predicted octanol–water partition coefficient (Wildman–Crippen LogP) is 2.73. The summed E-state index contributed by atoms with van der Waals surface area (Å²) in [6.45, 7) is 3.94. The van der Waals surface area contributed by atoms with Crippen LogP contribution in [0, 0.1) is 0 Å². The Hall–Kier alpha value is -0.780. The van der Waals surface area contributed by atoms with Crippen molar-refractivity contribution in [3.8, 4) is 0 Å². The third-order valence-electron chi connectivity index (χ3n) is 3.11. The molecule has 102 valence electrons. The van der Waals surface area contributed by atoms with Crippen LogP contribution >= 0.6 is 11.6 Å². The molecular weight excluding hydrogens is 272 g/mol. The van der Waals surface area contributed by atoms with Crippen LogP contribution in [0.2, 0.25) is 5.02 Å². The van der Waals surface area contributed by atoms with Crippen LogP contribution in [-0.4, -0.2) is 25.8 Å². The highest BCUT2D eigenvalue weighted by Crippen LogP contribution is 2.25. The lowest BCUT2D eigenvalue weighted by Crippen LogP contribution is -2.36. The first-order valence-electron chi connectivity index (χ1n) is 5.87. The number of nitrogens with zero attached hydrogens (tertiary/aromatic N) is 1. The number of sulfonamides is 1. The first-order valence-corrected chi connectivity index (χ1v) is 7.69. The van der Waals surface area contributed by atoms with E-state index in [0.29, 0.717) is 5.69 Å². The summed E-state index contributed by atoms with van der Waals surface area (Å²) in [6.07, 6.45) is 1.55. The molecule has 6 heteroatoms. The van der Waals surface area contributed by atoms with Crippen LogP contribution in [0.15, 0.2) is 23.1 Å². The van der Waals surface area contributed by atoms with Crippen LogP contribution in [0.4, 0.5) is 5.69 Å². The molecule has 0 saturated heterocycles. The second-order valence-electron chi connectivity index (χ2n) is 4.17. The quantitative estimate of drug-likeness (QED) is 0.848. The summed E-state index contributed by atoms with van der Waals surface area (Å²) in [5.41, 5.74) is 5.96. The summed E-state index contributed by atoms with van der Waals surface area (Å²) in [7, 11) is -1.91. The van der Waals surface area contributed by atoms with Crippen molar-refractivity contribution in [1.29, 1.82) is 0 Å². The number of nitrogens with two attached hydrogens (primary N) is 1. The Kier molecular flexibility index (Phi) is 5.01. The van der Waals surface area contributed by atoms with Gasteiger partial charge in [-0.05, 0) is 31.0 Å². The largest absolute Gasteiger partial charge is 0.398 e. The van der Waals surface area contributed by atoms with E-state index in [4.69, 9.17) is 17.3 Å². The molecule has 0 saturated carbocycles. The molecule has 0 heterocycles. The van der Waals surface area contributed by atoms with E-state index in [1.165, 1.54) is 22.5 Å². The van der Waals surface area contributed by atoms with E-state index in [-0.39, 0.29) is 16.0 Å². The Labute approximate surface area is 114 Å². The maximum Gasteiger partial charge on any atom is 0.243 e. The number of halogens is 1. The van der Waals surface area contributed by atoms with Gasteiger partial charge < -0.3 is 5.73 Å². The van der Waals surface area contributed by atoms with Gasteiger partial charge in [-0.3, -0.25) is 0 Å². The fourth-order valence-electron chi connectivity index (χ4n) is 1.83. The highest BCUT2D eigenvalue weighted by molar-refractivity contribution is 7.89. The van der Waals surface area contributed by atoms with Crippen LogP contribution in [0.3, 0.4) is 0 Å². The highest BCUT2D eigenvalue weighted by Gasteiger charge is 2.26. The number of hydrogen-bond acceptors (Lipinski definition) is 3. The molecule has 0 aromatic heterocycles. The van der Waals surface area contributed by atoms with E-state index in [0.717, 1.165) is 12.8 Å². The fourth-order valence-corrected chi connectivity index (χ4v) is 3.61. The molecule has 0 bridgehead atoms. The van der Waals surface area contributed by atoms with Crippen molar-refractivity contribution in [3.63, 3.8) is 0 Å². The van der Waals surface area contributed by atoms with E-state index in [9.17, 15) is 8.42 Å². The second-order valence-corrected chi connectivity index (χ2v) is 6.58. The summed E-state index contributed by atoms with van der Waals surface area (Å²) in [4.78, 5) is 0.177. The molecule has 0 atom stereocenters. The van der Waals surface area contributed by atoms with E-state index in [1.54, 1.807) is 7.05 Å². The Morgan fingerprint density at radius 3 is 2.33 bits per heavy atom. The van der Waals surface area contributed by atoms with Crippen molar-refractivity contribution in [2.24, 2.45) is 0 Å². The Morgan fingerprint density at radius 1 is 1.33 bits per heavy atom. The standard InChI is InChI=1S/C12H19ClN2O2S/c1-4-9(5-2)15(3)18(16,17)10-6-7-12(14)11(13)8-10/h6-9H,4-5,14H2,1-3H3. The Bertz CT molecular complexity index is 513. The predicted molar refractivity (Wildman–Crippen MR) is 75.2 cm³/mol. The van der Waals surface area contributed by atoms with Crippen LogP contribution < -0.4 is 5.73 Å². The van der Waals surface area contributed by atoms with Crippen LogP contribution in [0.5, 0.6) is 0 Å². The monoisotopic (exact) mass is 290 g/mol. The normalized spacial score (nSPS) is 12.3. The summed E-state index contributed by atoms with van der Waals surface area (Å²) in [5.74, 6) is 0. The minimum absolute atomic E-state index is 0.00803. The van der Waals surface area contributed by atoms with E-state index >= 15 is 0 Å². The van der Waals surface area contributed by atoms with Gasteiger partial charge in [0.25, 0.3) is 0 Å². The van der Waals surface area contributed by atoms with Crippen LogP contribution in [-0.2, 0) is 10.0 Å². The summed E-state index contributed by atoms with van der Waals surface area (Å²) in [6, 6.07) is 4.38. The van der Waals surface area contributed by atoms with Crippen molar-refractivity contribution >= 4 is 27.3 Å². The van der Waals surface area contributed by atoms with Gasteiger partial charge in [0.1, 0.15) is 0 Å². The van der Waals surface area contributed by atoms with E-state index in [2.05, 4.69) is 0 Å². The third kappa shape index (κ3) is 2.96. The molecule has 0 radical (unpaired) electrons. The first-order chi connectivity index (χ1) is 8.34. The molecular formula is C12H19ClN2O2S. The SMILES string of the molecule is CCC(CC)N(C)S(=O)(=O)c1ccc(N)c(Cl)c1. The van der Waals surface area contributed by atoms with Crippen molar-refractivity contribution in [1.82, 2.24) is 4.31 Å². The zero-order valence-electron chi connectivity index (χ0n) is 10.9. The molecule has 1 aromatic rings. The van der Waals surface area contributed by atoms with Crippen molar-refractivity contribution in [2.45, 2.75) is 37.6 Å². The Balaban J connectivity index is 3.16. The van der Waals surface area contributed by atoms with Gasteiger partial charge in [0.05, 0.1) is 15.6 Å². The van der Waals surface area contributed by atoms with Crippen molar-refractivity contribution in [2.75, 3.05) is 12.8 Å². The molecule has 0 amide bonds. The topological polar surface area (TPSA) is 63.4 Å². The number of anilines is 1. The average molecular weight is 291 g/mol. The van der Waals surface area contributed by atoms with Crippen molar-refractivity contribution in [3.05, 3.63) is 23.2 Å². The van der Waals surface area contributed by atoms with Crippen molar-refractivity contribution < 1.29 is 8.42 Å². The molecule has 1 rings (SSSR count). The first kappa shape index (κ1) is 15.3. The number of hydrogen-bond donors (Lipinski definition) is 1. The Morgan fingerprint density at radius 2 is 1.89 bits per heavy atom. The van der Waals surface area contributed by atoms with Gasteiger partial charge in [-0.25, -0.2) is 8.42 Å². The highest BCUT2D eigenvalue weighted by atomic mass is 35.5. The zero-order chi connectivity index (χ0) is 13.9. The van der Waals surface area contributed by atoms with Gasteiger partial charge in [-0.2, -0.15) is 4.31 Å². The maximum atomic E-state index is 12.4. The minimum atomic E-state index is -3.51. The lowest BCUT2D eigenvalue weighted by molar-refractivity contribution is 0.349. The van der Waals surface area contributed by atoms with Crippen LogP contribution in [0.25, 0.3) is 0 Å². The smallest absolute Gasteiger partial charge is 0.243 e. The number of benzene rings is 1. The van der Waals surface area contributed by atoms with Gasteiger partial charge in [-0.15, -0.1) is 0 Å².